The first-order chi connectivity index (χ1) is 5.99. The van der Waals surface area contributed by atoms with Crippen molar-refractivity contribution < 1.29 is 14.3 Å². The summed E-state index contributed by atoms with van der Waals surface area (Å²) in [5.41, 5.74) is 5.42. The van der Waals surface area contributed by atoms with Crippen LogP contribution in [-0.4, -0.2) is 48.8 Å². The molecular formula is C8H17FN2O2. The van der Waals surface area contributed by atoms with Gasteiger partial charge in [0.2, 0.25) is 5.91 Å². The molecule has 0 saturated carbocycles. The van der Waals surface area contributed by atoms with Crippen molar-refractivity contribution in [1.29, 1.82) is 0 Å². The lowest BCUT2D eigenvalue weighted by molar-refractivity contribution is -0.128. The first-order valence-corrected chi connectivity index (χ1v) is 4.18. The van der Waals surface area contributed by atoms with Crippen LogP contribution in [0, 0.1) is 0 Å². The van der Waals surface area contributed by atoms with Crippen LogP contribution in [0.3, 0.4) is 0 Å². The Morgan fingerprint density at radius 3 is 2.54 bits per heavy atom. The molecule has 0 aliphatic carbocycles. The van der Waals surface area contributed by atoms with E-state index in [0.717, 1.165) is 0 Å². The average molecular weight is 192 g/mol. The van der Waals surface area contributed by atoms with E-state index in [9.17, 15) is 9.18 Å². The van der Waals surface area contributed by atoms with Gasteiger partial charge in [-0.2, -0.15) is 0 Å². The third-order valence-electron chi connectivity index (χ3n) is 1.84. The molecule has 0 spiro atoms. The van der Waals surface area contributed by atoms with E-state index in [2.05, 4.69) is 0 Å². The van der Waals surface area contributed by atoms with Crippen LogP contribution in [0.25, 0.3) is 0 Å². The predicted molar refractivity (Wildman–Crippen MR) is 47.9 cm³/mol. The molecule has 0 aromatic heterocycles. The number of rotatable bonds is 5. The van der Waals surface area contributed by atoms with Gasteiger partial charge in [-0.05, 0) is 6.42 Å². The van der Waals surface area contributed by atoms with Gasteiger partial charge in [0, 0.05) is 26.6 Å². The lowest BCUT2D eigenvalue weighted by Gasteiger charge is -2.16. The van der Waals surface area contributed by atoms with Crippen molar-refractivity contribution in [1.82, 2.24) is 4.90 Å². The van der Waals surface area contributed by atoms with Crippen molar-refractivity contribution in [3.63, 3.8) is 0 Å². The monoisotopic (exact) mass is 192 g/mol. The van der Waals surface area contributed by atoms with Gasteiger partial charge in [-0.1, -0.05) is 0 Å². The topological polar surface area (TPSA) is 66.6 Å². The van der Waals surface area contributed by atoms with E-state index in [0.29, 0.717) is 6.42 Å². The number of halogens is 1. The summed E-state index contributed by atoms with van der Waals surface area (Å²) in [6.45, 7) is -0.864. The number of alkyl halides is 1. The predicted octanol–water partition coefficient (Wildman–Crippen LogP) is -0.488. The van der Waals surface area contributed by atoms with E-state index in [1.807, 2.05) is 0 Å². The van der Waals surface area contributed by atoms with Crippen molar-refractivity contribution in [2.24, 2.45) is 5.73 Å². The highest BCUT2D eigenvalue weighted by molar-refractivity contribution is 5.75. The van der Waals surface area contributed by atoms with Crippen molar-refractivity contribution in [3.05, 3.63) is 0 Å². The quantitative estimate of drug-likeness (QED) is 0.618. The minimum atomic E-state index is -1.16. The van der Waals surface area contributed by atoms with Gasteiger partial charge in [-0.3, -0.25) is 4.79 Å². The molecule has 0 aliphatic heterocycles. The molecule has 0 radical (unpaired) electrons. The second kappa shape index (κ2) is 5.88. The molecule has 0 fully saturated rings. The maximum Gasteiger partial charge on any atom is 0.222 e. The molecule has 0 rings (SSSR count). The Balaban J connectivity index is 3.69. The van der Waals surface area contributed by atoms with Crippen molar-refractivity contribution in [2.75, 3.05) is 20.8 Å². The molecule has 4 nitrogen and oxygen atoms in total. The second-order valence-electron chi connectivity index (χ2n) is 3.21. The lowest BCUT2D eigenvalue weighted by atomic mass is 10.1. The van der Waals surface area contributed by atoms with Gasteiger partial charge in [0.05, 0.1) is 6.10 Å². The largest absolute Gasteiger partial charge is 0.389 e. The number of carbonyl (C=O) groups is 1. The van der Waals surface area contributed by atoms with Crippen LogP contribution in [0.1, 0.15) is 12.8 Å². The summed E-state index contributed by atoms with van der Waals surface area (Å²) in [6.07, 6.45) is -0.609. The number of carbonyl (C=O) groups excluding carboxylic acids is 1. The van der Waals surface area contributed by atoms with Gasteiger partial charge in [-0.25, -0.2) is 4.39 Å². The van der Waals surface area contributed by atoms with E-state index >= 15 is 0 Å². The highest BCUT2D eigenvalue weighted by Crippen LogP contribution is 2.02. The van der Waals surface area contributed by atoms with E-state index in [-0.39, 0.29) is 12.3 Å². The molecule has 0 aliphatic rings. The Morgan fingerprint density at radius 1 is 1.62 bits per heavy atom. The molecule has 2 unspecified atom stereocenters. The third-order valence-corrected chi connectivity index (χ3v) is 1.84. The number of amides is 1. The van der Waals surface area contributed by atoms with Gasteiger partial charge in [0.15, 0.2) is 0 Å². The highest BCUT2D eigenvalue weighted by Gasteiger charge is 2.16. The van der Waals surface area contributed by atoms with E-state index < -0.39 is 18.8 Å². The van der Waals surface area contributed by atoms with Gasteiger partial charge in [0.1, 0.15) is 6.67 Å². The lowest BCUT2D eigenvalue weighted by Crippen LogP contribution is -2.37. The summed E-state index contributed by atoms with van der Waals surface area (Å²) < 4.78 is 11.9. The molecular weight excluding hydrogens is 175 g/mol. The maximum atomic E-state index is 11.9. The van der Waals surface area contributed by atoms with Crippen LogP contribution < -0.4 is 5.73 Å². The Kier molecular flexibility index (Phi) is 5.57. The molecule has 0 saturated heterocycles. The Labute approximate surface area is 77.5 Å². The Morgan fingerprint density at radius 2 is 2.15 bits per heavy atom. The minimum absolute atomic E-state index is 0.0680. The summed E-state index contributed by atoms with van der Waals surface area (Å²) >= 11 is 0. The van der Waals surface area contributed by atoms with Crippen LogP contribution in [0.2, 0.25) is 0 Å². The third kappa shape index (κ3) is 4.80. The first-order valence-electron chi connectivity index (χ1n) is 4.18. The zero-order valence-electron chi connectivity index (χ0n) is 8.03. The fourth-order valence-corrected chi connectivity index (χ4v) is 0.821. The number of aliphatic hydroxyl groups is 1. The number of hydrogen-bond donors (Lipinski definition) is 2. The summed E-state index contributed by atoms with van der Waals surface area (Å²) in [5.74, 6) is -0.0680. The van der Waals surface area contributed by atoms with Gasteiger partial charge in [-0.15, -0.1) is 0 Å². The van der Waals surface area contributed by atoms with Crippen LogP contribution in [0.5, 0.6) is 0 Å². The standard InChI is InChI=1S/C8H17FN2O2/c1-11(2)8(13)4-3-6(10)7(12)5-9/h6-7,12H,3-5,10H2,1-2H3. The normalized spacial score (nSPS) is 15.2. The van der Waals surface area contributed by atoms with Crippen molar-refractivity contribution in [3.8, 4) is 0 Å². The number of nitrogens with two attached hydrogens (primary N) is 1. The molecule has 1 amide bonds. The fourth-order valence-electron chi connectivity index (χ4n) is 0.821. The molecule has 3 N–H and O–H groups in total. The minimum Gasteiger partial charge on any atom is -0.389 e. The van der Waals surface area contributed by atoms with Crippen LogP contribution in [0.15, 0.2) is 0 Å². The molecule has 0 aromatic rings. The van der Waals surface area contributed by atoms with E-state index in [1.165, 1.54) is 4.90 Å². The van der Waals surface area contributed by atoms with Gasteiger partial charge >= 0.3 is 0 Å². The molecule has 0 bridgehead atoms. The van der Waals surface area contributed by atoms with Crippen molar-refractivity contribution in [2.45, 2.75) is 25.0 Å². The maximum absolute atomic E-state index is 11.9. The number of aliphatic hydroxyl groups excluding tert-OH is 1. The van der Waals surface area contributed by atoms with Gasteiger partial charge < -0.3 is 15.7 Å². The summed E-state index contributed by atoms with van der Waals surface area (Å²) in [4.78, 5) is 12.5. The van der Waals surface area contributed by atoms with Crippen molar-refractivity contribution >= 4 is 5.91 Å². The van der Waals surface area contributed by atoms with E-state index in [1.54, 1.807) is 14.1 Å². The number of hydrogen-bond acceptors (Lipinski definition) is 3. The fraction of sp³-hybridized carbons (Fsp3) is 0.875. The summed E-state index contributed by atoms with van der Waals surface area (Å²) in [5, 5.41) is 8.95. The molecule has 78 valence electrons. The Bertz CT molecular complexity index is 164. The zero-order valence-corrected chi connectivity index (χ0v) is 8.03. The smallest absolute Gasteiger partial charge is 0.222 e. The molecule has 13 heavy (non-hydrogen) atoms. The van der Waals surface area contributed by atoms with Crippen LogP contribution in [-0.2, 0) is 4.79 Å². The highest BCUT2D eigenvalue weighted by atomic mass is 19.1. The zero-order chi connectivity index (χ0) is 10.4. The molecule has 0 aromatic carbocycles. The van der Waals surface area contributed by atoms with Gasteiger partial charge in [0.25, 0.3) is 0 Å². The molecule has 0 heterocycles. The molecule has 2 atom stereocenters. The van der Waals surface area contributed by atoms with Crippen LogP contribution in [0.4, 0.5) is 4.39 Å². The first kappa shape index (κ1) is 12.3. The molecule has 5 heteroatoms. The SMILES string of the molecule is CN(C)C(=O)CCC(N)C(O)CF. The van der Waals surface area contributed by atoms with Crippen LogP contribution >= 0.6 is 0 Å². The van der Waals surface area contributed by atoms with E-state index in [4.69, 9.17) is 10.8 Å². The summed E-state index contributed by atoms with van der Waals surface area (Å²) in [6, 6.07) is -0.658. The Hall–Kier alpha value is -0.680. The second-order valence-corrected chi connectivity index (χ2v) is 3.21. The number of nitrogens with zero attached hydrogens (tertiary/aromatic N) is 1. The average Bonchev–Trinajstić information content (AvgIpc) is 2.11. The summed E-state index contributed by atoms with van der Waals surface area (Å²) in [7, 11) is 3.28.